The predicted octanol–water partition coefficient (Wildman–Crippen LogP) is 2.81. The lowest BCUT2D eigenvalue weighted by Crippen LogP contribution is -2.37. The van der Waals surface area contributed by atoms with Gasteiger partial charge in [0, 0.05) is 43.9 Å². The van der Waals surface area contributed by atoms with Crippen LogP contribution in [0.1, 0.15) is 0 Å². The molecule has 10 nitrogen and oxygen atoms in total. The van der Waals surface area contributed by atoms with Crippen molar-refractivity contribution in [1.82, 2.24) is 15.0 Å². The molecule has 1 fully saturated rings. The Balaban J connectivity index is 1.43. The maximum atomic E-state index is 10.7. The smallest absolute Gasteiger partial charge is 0.287 e. The Labute approximate surface area is 179 Å². The highest BCUT2D eigenvalue weighted by Gasteiger charge is 2.15. The zero-order valence-electron chi connectivity index (χ0n) is 16.9. The van der Waals surface area contributed by atoms with Gasteiger partial charge in [0.25, 0.3) is 5.69 Å². The standard InChI is InChI=1S/C21H23N7O3/c29-28(30)17-6-7-19(24-15-17)22-8-9-23-21-25-18(16-4-2-1-3-5-16)14-20(26-21)27-10-12-31-13-11-27/h1-7,14-15H,8-13H2,(H,22,24)(H,23,25,26). The van der Waals surface area contributed by atoms with E-state index in [4.69, 9.17) is 4.74 Å². The van der Waals surface area contributed by atoms with Crippen molar-refractivity contribution in [3.63, 3.8) is 0 Å². The van der Waals surface area contributed by atoms with Crippen molar-refractivity contribution in [2.75, 3.05) is 54.9 Å². The lowest BCUT2D eigenvalue weighted by atomic mass is 10.1. The molecule has 0 radical (unpaired) electrons. The molecule has 0 aliphatic carbocycles. The number of hydrogen-bond acceptors (Lipinski definition) is 9. The molecule has 2 N–H and O–H groups in total. The molecular formula is C21H23N7O3. The van der Waals surface area contributed by atoms with Crippen molar-refractivity contribution in [2.24, 2.45) is 0 Å². The normalized spacial score (nSPS) is 13.6. The summed E-state index contributed by atoms with van der Waals surface area (Å²) in [5.41, 5.74) is 1.84. The summed E-state index contributed by atoms with van der Waals surface area (Å²) in [7, 11) is 0. The van der Waals surface area contributed by atoms with Gasteiger partial charge in [0.1, 0.15) is 17.8 Å². The fourth-order valence-corrected chi connectivity index (χ4v) is 3.19. The third-order valence-corrected chi connectivity index (χ3v) is 4.79. The number of nitro groups is 1. The number of anilines is 3. The van der Waals surface area contributed by atoms with Crippen molar-refractivity contribution in [3.05, 3.63) is 64.8 Å². The molecule has 160 valence electrons. The second-order valence-electron chi connectivity index (χ2n) is 6.91. The Morgan fingerprint density at radius 2 is 1.81 bits per heavy atom. The van der Waals surface area contributed by atoms with Crippen molar-refractivity contribution in [3.8, 4) is 11.3 Å². The van der Waals surface area contributed by atoms with Crippen molar-refractivity contribution < 1.29 is 9.66 Å². The minimum absolute atomic E-state index is 0.0366. The number of ether oxygens (including phenoxy) is 1. The van der Waals surface area contributed by atoms with Crippen LogP contribution in [0.4, 0.5) is 23.3 Å². The first-order valence-electron chi connectivity index (χ1n) is 10.0. The van der Waals surface area contributed by atoms with Gasteiger partial charge in [0.15, 0.2) is 0 Å². The molecule has 31 heavy (non-hydrogen) atoms. The summed E-state index contributed by atoms with van der Waals surface area (Å²) >= 11 is 0. The molecule has 0 saturated carbocycles. The van der Waals surface area contributed by atoms with Gasteiger partial charge in [0.05, 0.1) is 23.8 Å². The Morgan fingerprint density at radius 3 is 2.52 bits per heavy atom. The SMILES string of the molecule is O=[N+]([O-])c1ccc(NCCNc2nc(-c3ccccc3)cc(N3CCOCC3)n2)nc1. The Morgan fingerprint density at radius 1 is 1.03 bits per heavy atom. The van der Waals surface area contributed by atoms with Gasteiger partial charge in [-0.05, 0) is 6.07 Å². The van der Waals surface area contributed by atoms with Crippen molar-refractivity contribution in [1.29, 1.82) is 0 Å². The lowest BCUT2D eigenvalue weighted by molar-refractivity contribution is -0.385. The molecule has 0 unspecified atom stereocenters. The number of hydrogen-bond donors (Lipinski definition) is 2. The second-order valence-corrected chi connectivity index (χ2v) is 6.91. The molecule has 10 heteroatoms. The fraction of sp³-hybridized carbons (Fsp3) is 0.286. The van der Waals surface area contributed by atoms with Gasteiger partial charge in [-0.25, -0.2) is 9.97 Å². The van der Waals surface area contributed by atoms with E-state index in [-0.39, 0.29) is 5.69 Å². The molecule has 4 rings (SSSR count). The van der Waals surface area contributed by atoms with E-state index >= 15 is 0 Å². The molecule has 1 aromatic carbocycles. The van der Waals surface area contributed by atoms with Gasteiger partial charge in [-0.15, -0.1) is 0 Å². The average Bonchev–Trinajstić information content (AvgIpc) is 2.83. The average molecular weight is 421 g/mol. The number of rotatable bonds is 8. The van der Waals surface area contributed by atoms with Crippen LogP contribution >= 0.6 is 0 Å². The number of aromatic nitrogens is 3. The van der Waals surface area contributed by atoms with Gasteiger partial charge < -0.3 is 20.3 Å². The van der Waals surface area contributed by atoms with Gasteiger partial charge >= 0.3 is 0 Å². The zero-order valence-corrected chi connectivity index (χ0v) is 16.9. The van der Waals surface area contributed by atoms with E-state index in [1.54, 1.807) is 6.07 Å². The molecule has 0 spiro atoms. The van der Waals surface area contributed by atoms with E-state index in [1.165, 1.54) is 12.3 Å². The van der Waals surface area contributed by atoms with Crippen LogP contribution in [-0.2, 0) is 4.74 Å². The minimum atomic E-state index is -0.471. The van der Waals surface area contributed by atoms with Crippen LogP contribution in [0.15, 0.2) is 54.7 Å². The quantitative estimate of drug-likeness (QED) is 0.321. The van der Waals surface area contributed by atoms with Crippen LogP contribution in [-0.4, -0.2) is 59.3 Å². The first-order chi connectivity index (χ1) is 15.2. The monoisotopic (exact) mass is 421 g/mol. The minimum Gasteiger partial charge on any atom is -0.378 e. The van der Waals surface area contributed by atoms with E-state index in [0.717, 1.165) is 30.2 Å². The zero-order chi connectivity index (χ0) is 21.5. The first-order valence-corrected chi connectivity index (χ1v) is 10.0. The summed E-state index contributed by atoms with van der Waals surface area (Å²) in [6, 6.07) is 15.0. The third kappa shape index (κ3) is 5.43. The highest BCUT2D eigenvalue weighted by Crippen LogP contribution is 2.24. The van der Waals surface area contributed by atoms with E-state index < -0.39 is 4.92 Å². The fourth-order valence-electron chi connectivity index (χ4n) is 3.19. The maximum Gasteiger partial charge on any atom is 0.287 e. The molecule has 0 bridgehead atoms. The molecule has 3 heterocycles. The molecule has 0 amide bonds. The highest BCUT2D eigenvalue weighted by molar-refractivity contribution is 5.65. The first kappa shape index (κ1) is 20.5. The summed E-state index contributed by atoms with van der Waals surface area (Å²) in [5, 5.41) is 17.1. The second kappa shape index (κ2) is 9.81. The van der Waals surface area contributed by atoms with Crippen LogP contribution < -0.4 is 15.5 Å². The summed E-state index contributed by atoms with van der Waals surface area (Å²) in [4.78, 5) is 25.8. The number of nitrogens with zero attached hydrogens (tertiary/aromatic N) is 5. The molecule has 2 aromatic heterocycles. The topological polar surface area (TPSA) is 118 Å². The van der Waals surface area contributed by atoms with Crippen LogP contribution in [0.2, 0.25) is 0 Å². The summed E-state index contributed by atoms with van der Waals surface area (Å²) in [6.07, 6.45) is 1.23. The van der Waals surface area contributed by atoms with Crippen LogP contribution in [0.25, 0.3) is 11.3 Å². The van der Waals surface area contributed by atoms with Crippen LogP contribution in [0.5, 0.6) is 0 Å². The summed E-state index contributed by atoms with van der Waals surface area (Å²) in [6.45, 7) is 4.05. The molecule has 1 aliphatic heterocycles. The third-order valence-electron chi connectivity index (χ3n) is 4.79. The number of morpholine rings is 1. The van der Waals surface area contributed by atoms with Crippen LogP contribution in [0, 0.1) is 10.1 Å². The van der Waals surface area contributed by atoms with Crippen molar-refractivity contribution >= 4 is 23.3 Å². The Bertz CT molecular complexity index is 1010. The van der Waals surface area contributed by atoms with Gasteiger partial charge in [-0.2, -0.15) is 4.98 Å². The van der Waals surface area contributed by atoms with Crippen LogP contribution in [0.3, 0.4) is 0 Å². The van der Waals surface area contributed by atoms with Gasteiger partial charge in [-0.1, -0.05) is 30.3 Å². The molecule has 1 aliphatic rings. The predicted molar refractivity (Wildman–Crippen MR) is 118 cm³/mol. The maximum absolute atomic E-state index is 10.7. The lowest BCUT2D eigenvalue weighted by Gasteiger charge is -2.28. The Hall–Kier alpha value is -3.79. The largest absolute Gasteiger partial charge is 0.378 e. The highest BCUT2D eigenvalue weighted by atomic mass is 16.6. The molecule has 0 atom stereocenters. The van der Waals surface area contributed by atoms with Crippen molar-refractivity contribution in [2.45, 2.75) is 0 Å². The number of pyridine rings is 1. The molecular weight excluding hydrogens is 398 g/mol. The number of nitrogens with one attached hydrogen (secondary N) is 2. The van der Waals surface area contributed by atoms with Gasteiger partial charge in [0.2, 0.25) is 5.95 Å². The van der Waals surface area contributed by atoms with E-state index in [9.17, 15) is 10.1 Å². The van der Waals surface area contributed by atoms with E-state index in [2.05, 4.69) is 30.5 Å². The summed E-state index contributed by atoms with van der Waals surface area (Å²) in [5.74, 6) is 1.98. The van der Waals surface area contributed by atoms with E-state index in [1.807, 2.05) is 36.4 Å². The number of benzene rings is 1. The summed E-state index contributed by atoms with van der Waals surface area (Å²) < 4.78 is 5.46. The molecule has 1 saturated heterocycles. The Kier molecular flexibility index (Phi) is 6.48. The van der Waals surface area contributed by atoms with Gasteiger partial charge in [-0.3, -0.25) is 10.1 Å². The molecule has 3 aromatic rings. The van der Waals surface area contributed by atoms with E-state index in [0.29, 0.717) is 38.1 Å².